The number of halogens is 1. The molecule has 10 heteroatoms. The van der Waals surface area contributed by atoms with Gasteiger partial charge < -0.3 is 4.90 Å². The lowest BCUT2D eigenvalue weighted by Crippen LogP contribution is -2.33. The third kappa shape index (κ3) is 4.59. The number of hydrogen-bond donors (Lipinski definition) is 1. The summed E-state index contributed by atoms with van der Waals surface area (Å²) in [6.45, 7) is 3.84. The highest BCUT2D eigenvalue weighted by molar-refractivity contribution is 7.92. The Hall–Kier alpha value is -1.84. The first-order valence-corrected chi connectivity index (χ1v) is 12.6. The highest BCUT2D eigenvalue weighted by atomic mass is 35.5. The first-order valence-electron chi connectivity index (χ1n) is 8.80. The van der Waals surface area contributed by atoms with Gasteiger partial charge in [-0.05, 0) is 43.0 Å². The van der Waals surface area contributed by atoms with E-state index in [1.165, 1.54) is 12.1 Å². The van der Waals surface area contributed by atoms with Crippen LogP contribution in [0.2, 0.25) is 5.02 Å². The van der Waals surface area contributed by atoms with Gasteiger partial charge in [0.25, 0.3) is 10.0 Å². The second-order valence-electron chi connectivity index (χ2n) is 7.01. The molecule has 0 radical (unpaired) electrons. The molecule has 2 aromatic rings. The lowest BCUT2D eigenvalue weighted by molar-refractivity contribution is 0.438. The number of para-hydroxylation sites is 1. The Bertz CT molecular complexity index is 1060. The van der Waals surface area contributed by atoms with E-state index in [1.54, 1.807) is 12.1 Å². The molecule has 1 aliphatic heterocycles. The summed E-state index contributed by atoms with van der Waals surface area (Å²) in [6, 6.07) is 7.63. The Morgan fingerprint density at radius 1 is 1.11 bits per heavy atom. The Balaban J connectivity index is 1.92. The van der Waals surface area contributed by atoms with Crippen LogP contribution in [0.25, 0.3) is 0 Å². The monoisotopic (exact) mass is 443 g/mol. The number of nitrogens with one attached hydrogen (secondary N) is 1. The van der Waals surface area contributed by atoms with Gasteiger partial charge in [-0.2, -0.15) is 0 Å². The summed E-state index contributed by atoms with van der Waals surface area (Å²) < 4.78 is 51.2. The lowest BCUT2D eigenvalue weighted by Gasteiger charge is -2.33. The molecule has 152 valence electrons. The molecule has 0 bridgehead atoms. The summed E-state index contributed by atoms with van der Waals surface area (Å²) in [6.07, 6.45) is 4.08. The van der Waals surface area contributed by atoms with Crippen molar-refractivity contribution in [1.29, 1.82) is 0 Å². The maximum absolute atomic E-state index is 12.8. The average Bonchev–Trinajstić information content (AvgIpc) is 2.63. The zero-order valence-electron chi connectivity index (χ0n) is 15.6. The zero-order valence-corrected chi connectivity index (χ0v) is 18.0. The third-order valence-electron chi connectivity index (χ3n) is 4.75. The number of aromatic nitrogens is 1. The summed E-state index contributed by atoms with van der Waals surface area (Å²) in [5, 5.41) is 0.104. The Morgan fingerprint density at radius 3 is 2.36 bits per heavy atom. The van der Waals surface area contributed by atoms with Gasteiger partial charge >= 0.3 is 0 Å². The maximum Gasteiger partial charge on any atom is 0.263 e. The molecule has 1 aliphatic rings. The molecule has 0 unspecified atom stereocenters. The van der Waals surface area contributed by atoms with Gasteiger partial charge in [-0.1, -0.05) is 24.6 Å². The van der Waals surface area contributed by atoms with Gasteiger partial charge in [0, 0.05) is 25.5 Å². The van der Waals surface area contributed by atoms with E-state index in [9.17, 15) is 16.8 Å². The quantitative estimate of drug-likeness (QED) is 0.762. The zero-order chi connectivity index (χ0) is 20.5. The molecule has 1 fully saturated rings. The number of rotatable bonds is 5. The van der Waals surface area contributed by atoms with Gasteiger partial charge in [-0.25, -0.2) is 21.8 Å². The fourth-order valence-electron chi connectivity index (χ4n) is 3.07. The lowest BCUT2D eigenvalue weighted by atomic mass is 9.98. The number of pyridine rings is 1. The van der Waals surface area contributed by atoms with Crippen LogP contribution < -0.4 is 9.62 Å². The normalized spacial score (nSPS) is 16.2. The summed E-state index contributed by atoms with van der Waals surface area (Å²) >= 11 is 6.31. The number of piperidine rings is 1. The standard InChI is InChI=1S/C18H22ClN3O4S2/c1-13-8-10-22(11-9-13)16-5-3-4-15(19)18(16)21-28(25,26)14-6-7-17(20-12-14)27(2,23)24/h3-7,12-13,21H,8-11H2,1-2H3. The van der Waals surface area contributed by atoms with Crippen molar-refractivity contribution in [3.8, 4) is 0 Å². The molecule has 1 saturated heterocycles. The van der Waals surface area contributed by atoms with E-state index in [0.717, 1.165) is 44.1 Å². The van der Waals surface area contributed by atoms with E-state index < -0.39 is 19.9 Å². The Kier molecular flexibility index (Phi) is 5.88. The maximum atomic E-state index is 12.8. The number of nitrogens with zero attached hydrogens (tertiary/aromatic N) is 2. The molecule has 2 heterocycles. The molecule has 0 amide bonds. The van der Waals surface area contributed by atoms with Gasteiger partial charge in [0.2, 0.25) is 0 Å². The highest BCUT2D eigenvalue weighted by Crippen LogP contribution is 2.36. The first kappa shape index (κ1) is 20.9. The SMILES string of the molecule is CC1CCN(c2cccc(Cl)c2NS(=O)(=O)c2ccc(S(C)(=O)=O)nc2)CC1. The Morgan fingerprint density at radius 2 is 1.79 bits per heavy atom. The molecule has 0 saturated carbocycles. The molecule has 7 nitrogen and oxygen atoms in total. The molecule has 1 aromatic carbocycles. The second-order valence-corrected chi connectivity index (χ2v) is 11.1. The molecular formula is C18H22ClN3O4S2. The summed E-state index contributed by atoms with van der Waals surface area (Å²) in [7, 11) is -7.50. The van der Waals surface area contributed by atoms with E-state index in [2.05, 4.69) is 21.5 Å². The fourth-order valence-corrected chi connectivity index (χ4v) is 4.94. The first-order chi connectivity index (χ1) is 13.1. The molecular weight excluding hydrogens is 422 g/mol. The third-order valence-corrected chi connectivity index (χ3v) is 7.40. The van der Waals surface area contributed by atoms with Gasteiger partial charge in [0.05, 0.1) is 16.4 Å². The van der Waals surface area contributed by atoms with E-state index in [4.69, 9.17) is 11.6 Å². The van der Waals surface area contributed by atoms with Gasteiger partial charge in [-0.15, -0.1) is 0 Å². The van der Waals surface area contributed by atoms with Gasteiger partial charge in [0.15, 0.2) is 14.9 Å². The van der Waals surface area contributed by atoms with Crippen molar-refractivity contribution in [2.75, 3.05) is 29.0 Å². The van der Waals surface area contributed by atoms with Crippen LogP contribution in [0.1, 0.15) is 19.8 Å². The van der Waals surface area contributed by atoms with Crippen molar-refractivity contribution in [1.82, 2.24) is 4.98 Å². The predicted molar refractivity (Wildman–Crippen MR) is 110 cm³/mol. The Labute approximate surface area is 170 Å². The van der Waals surface area contributed by atoms with Crippen molar-refractivity contribution >= 4 is 42.8 Å². The van der Waals surface area contributed by atoms with Crippen LogP contribution in [0.4, 0.5) is 11.4 Å². The minimum atomic E-state index is -3.99. The number of hydrogen-bond acceptors (Lipinski definition) is 6. The van der Waals surface area contributed by atoms with Crippen LogP contribution in [0.3, 0.4) is 0 Å². The molecule has 28 heavy (non-hydrogen) atoms. The minimum Gasteiger partial charge on any atom is -0.370 e. The average molecular weight is 444 g/mol. The van der Waals surface area contributed by atoms with Crippen molar-refractivity contribution in [2.45, 2.75) is 29.7 Å². The van der Waals surface area contributed by atoms with Crippen molar-refractivity contribution in [3.63, 3.8) is 0 Å². The van der Waals surface area contributed by atoms with Crippen molar-refractivity contribution < 1.29 is 16.8 Å². The molecule has 0 atom stereocenters. The molecule has 0 aliphatic carbocycles. The van der Waals surface area contributed by atoms with E-state index in [-0.39, 0.29) is 9.92 Å². The second kappa shape index (κ2) is 7.88. The molecule has 1 aromatic heterocycles. The summed E-state index contributed by atoms with van der Waals surface area (Å²) in [5.74, 6) is 0.634. The van der Waals surface area contributed by atoms with Gasteiger partial charge in [0.1, 0.15) is 4.90 Å². The van der Waals surface area contributed by atoms with Crippen LogP contribution in [-0.2, 0) is 19.9 Å². The number of sulfonamides is 1. The number of sulfone groups is 1. The smallest absolute Gasteiger partial charge is 0.263 e. The number of benzene rings is 1. The highest BCUT2D eigenvalue weighted by Gasteiger charge is 2.24. The van der Waals surface area contributed by atoms with Crippen molar-refractivity contribution in [3.05, 3.63) is 41.6 Å². The van der Waals surface area contributed by atoms with E-state index >= 15 is 0 Å². The van der Waals surface area contributed by atoms with Crippen LogP contribution in [0, 0.1) is 5.92 Å². The number of anilines is 2. The topological polar surface area (TPSA) is 96.4 Å². The van der Waals surface area contributed by atoms with Crippen LogP contribution in [0.15, 0.2) is 46.5 Å². The fraction of sp³-hybridized carbons (Fsp3) is 0.389. The molecule has 3 rings (SSSR count). The van der Waals surface area contributed by atoms with Crippen molar-refractivity contribution in [2.24, 2.45) is 5.92 Å². The van der Waals surface area contributed by atoms with Crippen LogP contribution in [0.5, 0.6) is 0 Å². The molecule has 1 N–H and O–H groups in total. The molecule has 0 spiro atoms. The van der Waals surface area contributed by atoms with E-state index in [1.807, 2.05) is 6.07 Å². The summed E-state index contributed by atoms with van der Waals surface area (Å²) in [5.41, 5.74) is 1.04. The van der Waals surface area contributed by atoms with Gasteiger partial charge in [-0.3, -0.25) is 4.72 Å². The minimum absolute atomic E-state index is 0.141. The largest absolute Gasteiger partial charge is 0.370 e. The van der Waals surface area contributed by atoms with E-state index in [0.29, 0.717) is 16.6 Å². The predicted octanol–water partition coefficient (Wildman–Crippen LogP) is 3.18. The van der Waals surface area contributed by atoms with Crippen LogP contribution >= 0.6 is 11.6 Å². The van der Waals surface area contributed by atoms with Crippen LogP contribution in [-0.4, -0.2) is 41.2 Å². The summed E-state index contributed by atoms with van der Waals surface area (Å²) in [4.78, 5) is 5.73.